The summed E-state index contributed by atoms with van der Waals surface area (Å²) >= 11 is 0. The van der Waals surface area contributed by atoms with E-state index in [1.807, 2.05) is 73.1 Å². The molecular formula is C60H39N5. The third-order valence-corrected chi connectivity index (χ3v) is 12.4. The van der Waals surface area contributed by atoms with Crippen molar-refractivity contribution in [2.24, 2.45) is 0 Å². The predicted molar refractivity (Wildman–Crippen MR) is 268 cm³/mol. The van der Waals surface area contributed by atoms with E-state index in [-0.39, 0.29) is 0 Å². The van der Waals surface area contributed by atoms with E-state index in [4.69, 9.17) is 19.9 Å². The summed E-state index contributed by atoms with van der Waals surface area (Å²) in [5, 5.41) is 4.85. The summed E-state index contributed by atoms with van der Waals surface area (Å²) in [6.07, 6.45) is 1.90. The van der Waals surface area contributed by atoms with Crippen LogP contribution in [0.3, 0.4) is 0 Å². The number of benzene rings is 10. The lowest BCUT2D eigenvalue weighted by Gasteiger charge is -2.13. The zero-order valence-electron chi connectivity index (χ0n) is 35.3. The predicted octanol–water partition coefficient (Wildman–Crippen LogP) is 15.2. The Morgan fingerprint density at radius 3 is 1.18 bits per heavy atom. The Hall–Kier alpha value is -8.80. The Morgan fingerprint density at radius 2 is 0.692 bits per heavy atom. The zero-order chi connectivity index (χ0) is 43.1. The molecular weight excluding hydrogens is 791 g/mol. The molecule has 0 radical (unpaired) electrons. The molecule has 0 fully saturated rings. The van der Waals surface area contributed by atoms with E-state index < -0.39 is 0 Å². The number of nitrogens with zero attached hydrogens (tertiary/aromatic N) is 5. The van der Waals surface area contributed by atoms with E-state index in [2.05, 4.69) is 168 Å². The smallest absolute Gasteiger partial charge is 0.164 e. The van der Waals surface area contributed by atoms with Gasteiger partial charge in [0.05, 0.1) is 11.0 Å². The average Bonchev–Trinajstić information content (AvgIpc) is 3.82. The van der Waals surface area contributed by atoms with Gasteiger partial charge in [-0.3, -0.25) is 4.57 Å². The molecule has 2 aromatic heterocycles. The SMILES string of the molecule is c1ccc(-c2nc(-c3ccccc3)nc(-c3ccc(-c4ccc5c(-c6cccc7cc(-c8ccc(-c9ccc%10c(c9)ncn%10-c9ccccc9)cc8)ccc67)cccc5c4)cc3)n2)cc1. The number of para-hydroxylation sites is 1. The van der Waals surface area contributed by atoms with E-state index in [9.17, 15) is 0 Å². The van der Waals surface area contributed by atoms with Crippen LogP contribution in [0.5, 0.6) is 0 Å². The van der Waals surface area contributed by atoms with Gasteiger partial charge in [-0.2, -0.15) is 0 Å². The lowest BCUT2D eigenvalue weighted by atomic mass is 9.91. The third kappa shape index (κ3) is 7.21. The molecule has 0 aliphatic rings. The van der Waals surface area contributed by atoms with Crippen LogP contribution in [0.25, 0.3) is 117 Å². The Bertz CT molecular complexity index is 3620. The quantitative estimate of drug-likeness (QED) is 0.153. The largest absolute Gasteiger partial charge is 0.299 e. The van der Waals surface area contributed by atoms with Crippen molar-refractivity contribution in [3.8, 4) is 84.4 Å². The molecule has 0 spiro atoms. The number of hydrogen-bond donors (Lipinski definition) is 0. The third-order valence-electron chi connectivity index (χ3n) is 12.4. The molecule has 12 aromatic rings. The van der Waals surface area contributed by atoms with Crippen LogP contribution in [0, 0.1) is 0 Å². The summed E-state index contributed by atoms with van der Waals surface area (Å²) in [4.78, 5) is 19.4. The maximum Gasteiger partial charge on any atom is 0.164 e. The standard InChI is InChI=1S/C60H39N5/c1-4-12-43(13-5-1)58-62-59(44-14-6-2-7-15-44)64-60(63-58)45-28-26-41(27-29-45)47-31-34-53-50(37-47)17-11-21-55(53)54-20-10-16-49-36-46(30-33-52(49)54)40-22-24-42(25-23-40)48-32-35-57-56(38-48)61-39-65(57)51-18-8-3-9-19-51/h1-39H. The Morgan fingerprint density at radius 1 is 0.292 bits per heavy atom. The van der Waals surface area contributed by atoms with Gasteiger partial charge in [0.25, 0.3) is 0 Å². The van der Waals surface area contributed by atoms with E-state index in [0.29, 0.717) is 17.5 Å². The second kappa shape index (κ2) is 16.2. The first-order valence-electron chi connectivity index (χ1n) is 21.9. The summed E-state index contributed by atoms with van der Waals surface area (Å²) in [7, 11) is 0. The van der Waals surface area contributed by atoms with E-state index >= 15 is 0 Å². The fraction of sp³-hybridized carbons (Fsp3) is 0. The molecule has 0 aliphatic heterocycles. The number of rotatable bonds is 8. The van der Waals surface area contributed by atoms with Gasteiger partial charge in [0.1, 0.15) is 6.33 Å². The maximum absolute atomic E-state index is 4.93. The Balaban J connectivity index is 0.813. The number of hydrogen-bond acceptors (Lipinski definition) is 4. The van der Waals surface area contributed by atoms with Crippen LogP contribution in [-0.4, -0.2) is 24.5 Å². The summed E-state index contributed by atoms with van der Waals surface area (Å²) in [6.45, 7) is 0. The molecule has 65 heavy (non-hydrogen) atoms. The first-order chi connectivity index (χ1) is 32.2. The molecule has 0 bridgehead atoms. The molecule has 0 N–H and O–H groups in total. The van der Waals surface area contributed by atoms with Gasteiger partial charge in [0, 0.05) is 22.4 Å². The summed E-state index contributed by atoms with van der Waals surface area (Å²) in [6, 6.07) is 81.3. The molecule has 2 heterocycles. The van der Waals surface area contributed by atoms with Gasteiger partial charge in [0.2, 0.25) is 0 Å². The van der Waals surface area contributed by atoms with Crippen LogP contribution in [0.2, 0.25) is 0 Å². The number of imidazole rings is 1. The fourth-order valence-corrected chi connectivity index (χ4v) is 8.99. The van der Waals surface area contributed by atoms with Crippen molar-refractivity contribution in [1.29, 1.82) is 0 Å². The van der Waals surface area contributed by atoms with Crippen LogP contribution < -0.4 is 0 Å². The highest BCUT2D eigenvalue weighted by molar-refractivity contribution is 6.07. The van der Waals surface area contributed by atoms with Crippen LogP contribution in [0.1, 0.15) is 0 Å². The van der Waals surface area contributed by atoms with Crippen LogP contribution in [-0.2, 0) is 0 Å². The molecule has 10 aromatic carbocycles. The van der Waals surface area contributed by atoms with E-state index in [0.717, 1.165) is 50.1 Å². The molecule has 304 valence electrons. The van der Waals surface area contributed by atoms with E-state index in [1.54, 1.807) is 0 Å². The van der Waals surface area contributed by atoms with Gasteiger partial charge < -0.3 is 0 Å². The lowest BCUT2D eigenvalue weighted by molar-refractivity contribution is 1.07. The monoisotopic (exact) mass is 829 g/mol. The first kappa shape index (κ1) is 37.9. The first-order valence-corrected chi connectivity index (χ1v) is 21.9. The van der Waals surface area contributed by atoms with E-state index in [1.165, 1.54) is 49.4 Å². The van der Waals surface area contributed by atoms with Crippen molar-refractivity contribution in [3.05, 3.63) is 237 Å². The van der Waals surface area contributed by atoms with Crippen molar-refractivity contribution in [2.75, 3.05) is 0 Å². The highest BCUT2D eigenvalue weighted by Crippen LogP contribution is 2.38. The molecule has 0 saturated carbocycles. The second-order valence-corrected chi connectivity index (χ2v) is 16.3. The molecule has 12 rings (SSSR count). The van der Waals surface area contributed by atoms with Gasteiger partial charge in [-0.15, -0.1) is 0 Å². The fourth-order valence-electron chi connectivity index (χ4n) is 8.99. The van der Waals surface area contributed by atoms with Gasteiger partial charge in [-0.25, -0.2) is 19.9 Å². The average molecular weight is 830 g/mol. The van der Waals surface area contributed by atoms with Crippen molar-refractivity contribution in [1.82, 2.24) is 24.5 Å². The molecule has 0 atom stereocenters. The topological polar surface area (TPSA) is 56.5 Å². The van der Waals surface area contributed by atoms with Crippen LogP contribution in [0.15, 0.2) is 237 Å². The van der Waals surface area contributed by atoms with Gasteiger partial charge in [-0.1, -0.05) is 194 Å². The Kier molecular flexibility index (Phi) is 9.42. The van der Waals surface area contributed by atoms with Crippen molar-refractivity contribution >= 4 is 32.6 Å². The molecule has 0 saturated heterocycles. The van der Waals surface area contributed by atoms with Crippen LogP contribution >= 0.6 is 0 Å². The number of fused-ring (bicyclic) bond motifs is 3. The zero-order valence-corrected chi connectivity index (χ0v) is 35.3. The van der Waals surface area contributed by atoms with Crippen molar-refractivity contribution in [3.63, 3.8) is 0 Å². The molecule has 0 unspecified atom stereocenters. The van der Waals surface area contributed by atoms with Crippen LogP contribution in [0.4, 0.5) is 0 Å². The lowest BCUT2D eigenvalue weighted by Crippen LogP contribution is -2.00. The minimum Gasteiger partial charge on any atom is -0.299 e. The van der Waals surface area contributed by atoms with Gasteiger partial charge >= 0.3 is 0 Å². The molecule has 5 heteroatoms. The second-order valence-electron chi connectivity index (χ2n) is 16.3. The normalized spacial score (nSPS) is 11.4. The summed E-state index contributed by atoms with van der Waals surface area (Å²) in [5.74, 6) is 1.95. The molecule has 5 nitrogen and oxygen atoms in total. The Labute approximate surface area is 376 Å². The minimum absolute atomic E-state index is 0.644. The van der Waals surface area contributed by atoms with Gasteiger partial charge in [-0.05, 0) is 102 Å². The van der Waals surface area contributed by atoms with Crippen molar-refractivity contribution < 1.29 is 0 Å². The summed E-state index contributed by atoms with van der Waals surface area (Å²) < 4.78 is 2.13. The highest BCUT2D eigenvalue weighted by Gasteiger charge is 2.14. The molecule has 0 amide bonds. The highest BCUT2D eigenvalue weighted by atomic mass is 15.0. The van der Waals surface area contributed by atoms with Gasteiger partial charge in [0.15, 0.2) is 17.5 Å². The van der Waals surface area contributed by atoms with Crippen molar-refractivity contribution in [2.45, 2.75) is 0 Å². The summed E-state index contributed by atoms with van der Waals surface area (Å²) in [5.41, 5.74) is 15.4. The molecule has 0 aliphatic carbocycles. The minimum atomic E-state index is 0.644. The maximum atomic E-state index is 4.93. The number of aromatic nitrogens is 5.